The van der Waals surface area contributed by atoms with Crippen LogP contribution in [-0.2, 0) is 0 Å². The summed E-state index contributed by atoms with van der Waals surface area (Å²) < 4.78 is 0. The highest BCUT2D eigenvalue weighted by molar-refractivity contribution is 5.94. The molecule has 2 aromatic rings. The molecule has 1 fully saturated rings. The first kappa shape index (κ1) is 18.7. The van der Waals surface area contributed by atoms with E-state index in [1.807, 2.05) is 54.7 Å². The predicted molar refractivity (Wildman–Crippen MR) is 108 cm³/mol. The minimum Gasteiger partial charge on any atom is -0.354 e. The molecule has 2 N–H and O–H groups in total. The van der Waals surface area contributed by atoms with E-state index in [1.54, 1.807) is 7.05 Å². The summed E-state index contributed by atoms with van der Waals surface area (Å²) in [4.78, 5) is 25.3. The van der Waals surface area contributed by atoms with Crippen LogP contribution >= 0.6 is 0 Å². The molecule has 0 saturated carbocycles. The molecule has 1 saturated heterocycles. The van der Waals surface area contributed by atoms with Crippen LogP contribution in [0.4, 0.5) is 5.82 Å². The number of carbonyl (C=O) groups is 1. The van der Waals surface area contributed by atoms with Gasteiger partial charge in [-0.25, -0.2) is 4.98 Å². The summed E-state index contributed by atoms with van der Waals surface area (Å²) in [5, 5.41) is 6.25. The van der Waals surface area contributed by atoms with Crippen molar-refractivity contribution in [3.8, 4) is 0 Å². The molecule has 1 amide bonds. The van der Waals surface area contributed by atoms with E-state index in [4.69, 9.17) is 0 Å². The van der Waals surface area contributed by atoms with Gasteiger partial charge in [-0.3, -0.25) is 9.79 Å². The smallest absolute Gasteiger partial charge is 0.251 e. The Balaban J connectivity index is 1.40. The van der Waals surface area contributed by atoms with Gasteiger partial charge in [-0.05, 0) is 24.3 Å². The van der Waals surface area contributed by atoms with E-state index >= 15 is 0 Å². The maximum atomic E-state index is 12.0. The van der Waals surface area contributed by atoms with Crippen LogP contribution in [0.15, 0.2) is 59.7 Å². The zero-order valence-corrected chi connectivity index (χ0v) is 15.6. The fraction of sp³-hybridized carbons (Fsp3) is 0.350. The van der Waals surface area contributed by atoms with Crippen LogP contribution in [0.1, 0.15) is 10.4 Å². The van der Waals surface area contributed by atoms with Gasteiger partial charge in [0.1, 0.15) is 5.82 Å². The fourth-order valence-electron chi connectivity index (χ4n) is 3.06. The third kappa shape index (κ3) is 5.20. The number of benzene rings is 1. The quantitative estimate of drug-likeness (QED) is 0.473. The number of pyridine rings is 1. The first-order valence-electron chi connectivity index (χ1n) is 9.23. The molecule has 0 spiro atoms. The van der Waals surface area contributed by atoms with Crippen LogP contribution < -0.4 is 15.5 Å². The Kier molecular flexibility index (Phi) is 6.62. The van der Waals surface area contributed by atoms with Crippen molar-refractivity contribution in [3.63, 3.8) is 0 Å². The molecule has 7 nitrogen and oxygen atoms in total. The topological polar surface area (TPSA) is 72.9 Å². The third-order valence-corrected chi connectivity index (χ3v) is 4.49. The van der Waals surface area contributed by atoms with Crippen LogP contribution in [0.3, 0.4) is 0 Å². The number of aliphatic imine (C=N–C) groups is 1. The Bertz CT molecular complexity index is 742. The number of nitrogens with one attached hydrogen (secondary N) is 2. The van der Waals surface area contributed by atoms with E-state index < -0.39 is 0 Å². The Hall–Kier alpha value is -3.09. The van der Waals surface area contributed by atoms with E-state index in [9.17, 15) is 4.79 Å². The molecule has 2 heterocycles. The lowest BCUT2D eigenvalue weighted by atomic mass is 10.2. The first-order chi connectivity index (χ1) is 13.3. The molecule has 27 heavy (non-hydrogen) atoms. The summed E-state index contributed by atoms with van der Waals surface area (Å²) in [6.45, 7) is 4.75. The highest BCUT2D eigenvalue weighted by atomic mass is 16.1. The summed E-state index contributed by atoms with van der Waals surface area (Å²) in [7, 11) is 1.79. The number of hydrogen-bond acceptors (Lipinski definition) is 4. The number of nitrogens with zero attached hydrogens (tertiary/aromatic N) is 4. The van der Waals surface area contributed by atoms with Crippen molar-refractivity contribution in [1.29, 1.82) is 0 Å². The van der Waals surface area contributed by atoms with Crippen molar-refractivity contribution in [2.24, 2.45) is 4.99 Å². The maximum Gasteiger partial charge on any atom is 0.251 e. The normalized spacial score (nSPS) is 14.8. The van der Waals surface area contributed by atoms with Gasteiger partial charge in [0.15, 0.2) is 5.96 Å². The molecular weight excluding hydrogens is 340 g/mol. The first-order valence-corrected chi connectivity index (χ1v) is 9.23. The van der Waals surface area contributed by atoms with E-state index in [1.165, 1.54) is 0 Å². The SMILES string of the molecule is CN=C(NCCNC(=O)c1ccccc1)N1CCN(c2ccccn2)CC1. The second-order valence-electron chi connectivity index (χ2n) is 6.26. The number of hydrogen-bond donors (Lipinski definition) is 2. The highest BCUT2D eigenvalue weighted by Crippen LogP contribution is 2.12. The average molecular weight is 366 g/mol. The Morgan fingerprint density at radius 3 is 2.37 bits per heavy atom. The van der Waals surface area contributed by atoms with Crippen molar-refractivity contribution >= 4 is 17.7 Å². The van der Waals surface area contributed by atoms with Crippen molar-refractivity contribution < 1.29 is 4.79 Å². The summed E-state index contributed by atoms with van der Waals surface area (Å²) in [6, 6.07) is 15.2. The number of amides is 1. The third-order valence-electron chi connectivity index (χ3n) is 4.49. The van der Waals surface area contributed by atoms with Gasteiger partial charge in [-0.2, -0.15) is 0 Å². The van der Waals surface area contributed by atoms with Crippen LogP contribution in [0.5, 0.6) is 0 Å². The van der Waals surface area contributed by atoms with Gasteiger partial charge >= 0.3 is 0 Å². The molecule has 7 heteroatoms. The second kappa shape index (κ2) is 9.56. The molecule has 0 radical (unpaired) electrons. The lowest BCUT2D eigenvalue weighted by molar-refractivity contribution is 0.0954. The molecule has 0 aliphatic carbocycles. The van der Waals surface area contributed by atoms with Gasteiger partial charge in [0.05, 0.1) is 0 Å². The van der Waals surface area contributed by atoms with Crippen molar-refractivity contribution in [2.45, 2.75) is 0 Å². The van der Waals surface area contributed by atoms with E-state index in [0.29, 0.717) is 18.7 Å². The van der Waals surface area contributed by atoms with E-state index in [0.717, 1.165) is 38.0 Å². The van der Waals surface area contributed by atoms with Gasteiger partial charge in [0.2, 0.25) is 0 Å². The molecule has 3 rings (SSSR count). The maximum absolute atomic E-state index is 12.0. The van der Waals surface area contributed by atoms with Gasteiger partial charge in [-0.1, -0.05) is 24.3 Å². The summed E-state index contributed by atoms with van der Waals surface area (Å²) >= 11 is 0. The van der Waals surface area contributed by atoms with Crippen molar-refractivity contribution in [2.75, 3.05) is 51.2 Å². The summed E-state index contributed by atoms with van der Waals surface area (Å²) in [5.74, 6) is 1.82. The molecule has 0 unspecified atom stereocenters. The molecule has 0 atom stereocenters. The lowest BCUT2D eigenvalue weighted by Crippen LogP contribution is -2.53. The molecule has 142 valence electrons. The molecule has 1 aliphatic rings. The zero-order valence-electron chi connectivity index (χ0n) is 15.6. The number of carbonyl (C=O) groups excluding carboxylic acids is 1. The zero-order chi connectivity index (χ0) is 18.9. The monoisotopic (exact) mass is 366 g/mol. The van der Waals surface area contributed by atoms with Crippen LogP contribution in [0, 0.1) is 0 Å². The van der Waals surface area contributed by atoms with Gasteiger partial charge in [0.25, 0.3) is 5.91 Å². The minimum absolute atomic E-state index is 0.0589. The number of rotatable bonds is 5. The van der Waals surface area contributed by atoms with E-state index in [-0.39, 0.29) is 5.91 Å². The molecule has 0 bridgehead atoms. The lowest BCUT2D eigenvalue weighted by Gasteiger charge is -2.37. The van der Waals surface area contributed by atoms with Crippen LogP contribution in [0.25, 0.3) is 0 Å². The van der Waals surface area contributed by atoms with E-state index in [2.05, 4.69) is 30.4 Å². The number of anilines is 1. The predicted octanol–water partition coefficient (Wildman–Crippen LogP) is 1.21. The number of piperazine rings is 1. The number of guanidine groups is 1. The Morgan fingerprint density at radius 2 is 1.70 bits per heavy atom. The van der Waals surface area contributed by atoms with Crippen molar-refractivity contribution in [3.05, 3.63) is 60.3 Å². The van der Waals surface area contributed by atoms with Gasteiger partial charge in [-0.15, -0.1) is 0 Å². The molecular formula is C20H26N6O. The Morgan fingerprint density at radius 1 is 1.00 bits per heavy atom. The fourth-order valence-corrected chi connectivity index (χ4v) is 3.06. The summed E-state index contributed by atoms with van der Waals surface area (Å²) in [5.41, 5.74) is 0.674. The highest BCUT2D eigenvalue weighted by Gasteiger charge is 2.20. The molecule has 1 aromatic carbocycles. The summed E-state index contributed by atoms with van der Waals surface area (Å²) in [6.07, 6.45) is 1.83. The minimum atomic E-state index is -0.0589. The average Bonchev–Trinajstić information content (AvgIpc) is 2.75. The molecule has 1 aromatic heterocycles. The standard InChI is InChI=1S/C20H26N6O/c1-21-20(24-12-11-23-19(27)17-7-3-2-4-8-17)26-15-13-25(14-16-26)18-9-5-6-10-22-18/h2-10H,11-16H2,1H3,(H,21,24)(H,23,27). The largest absolute Gasteiger partial charge is 0.354 e. The van der Waals surface area contributed by atoms with Crippen LogP contribution in [-0.4, -0.2) is 68.1 Å². The Labute approximate surface area is 160 Å². The van der Waals surface area contributed by atoms with Crippen molar-refractivity contribution in [1.82, 2.24) is 20.5 Å². The van der Waals surface area contributed by atoms with Gasteiger partial charge in [0, 0.05) is 58.1 Å². The molecule has 1 aliphatic heterocycles. The van der Waals surface area contributed by atoms with Gasteiger partial charge < -0.3 is 20.4 Å². The number of aromatic nitrogens is 1. The van der Waals surface area contributed by atoms with Crippen LogP contribution in [0.2, 0.25) is 0 Å². The second-order valence-corrected chi connectivity index (χ2v) is 6.26.